The number of ether oxygens (including phenoxy) is 1. The molecule has 0 amide bonds. The Labute approximate surface area is 166 Å². The highest BCUT2D eigenvalue weighted by Gasteiger charge is 2.35. The number of aliphatic hydroxyl groups excluding tert-OH is 1. The minimum Gasteiger partial charge on any atom is -0.490 e. The number of benzene rings is 1. The first kappa shape index (κ1) is 19.6. The van der Waals surface area contributed by atoms with Crippen molar-refractivity contribution in [1.29, 1.82) is 0 Å². The lowest BCUT2D eigenvalue weighted by Crippen LogP contribution is -2.38. The Morgan fingerprint density at radius 3 is 2.66 bits per heavy atom. The molecule has 0 aliphatic carbocycles. The summed E-state index contributed by atoms with van der Waals surface area (Å²) in [6, 6.07) is 5.24. The molecule has 0 saturated carbocycles. The minimum absolute atomic E-state index is 0.0915. The average Bonchev–Trinajstić information content (AvgIpc) is 3.38. The maximum atomic E-state index is 13.1. The van der Waals surface area contributed by atoms with Crippen LogP contribution >= 0.6 is 11.3 Å². The quantitative estimate of drug-likeness (QED) is 0.663. The summed E-state index contributed by atoms with van der Waals surface area (Å²) in [5.41, 5.74) is -0.765. The van der Waals surface area contributed by atoms with Crippen molar-refractivity contribution in [3.8, 4) is 16.6 Å². The van der Waals surface area contributed by atoms with Crippen LogP contribution in [0.3, 0.4) is 0 Å². The van der Waals surface area contributed by atoms with Crippen LogP contribution in [-0.2, 0) is 12.8 Å². The van der Waals surface area contributed by atoms with Crippen LogP contribution in [0.4, 0.5) is 18.3 Å². The predicted octanol–water partition coefficient (Wildman–Crippen LogP) is 3.15. The van der Waals surface area contributed by atoms with Crippen LogP contribution in [0.15, 0.2) is 28.8 Å². The summed E-state index contributed by atoms with van der Waals surface area (Å²) in [5.74, 6) is 0.196. The molecule has 1 saturated heterocycles. The summed E-state index contributed by atoms with van der Waals surface area (Å²) in [4.78, 5) is 5.98. The van der Waals surface area contributed by atoms with Gasteiger partial charge in [-0.05, 0) is 12.1 Å². The lowest BCUT2D eigenvalue weighted by Gasteiger charge is -2.32. The Morgan fingerprint density at radius 1 is 1.21 bits per heavy atom. The summed E-state index contributed by atoms with van der Waals surface area (Å²) in [7, 11) is 0. The number of piperidine rings is 1. The second-order valence-electron chi connectivity index (χ2n) is 6.36. The number of alkyl halides is 3. The van der Waals surface area contributed by atoms with E-state index < -0.39 is 11.7 Å². The number of anilines is 1. The standard InChI is InChI=1S/C17H16F3N5O3S/c18-17(19,20)11-3-1-2-4-12(11)27-10-5-7-25(8-6-10)16-23-22-15(29-16)14-21-13(9-26)28-24-14/h1-4,10,26H,5-9H2. The first-order valence-electron chi connectivity index (χ1n) is 8.79. The number of aromatic nitrogens is 4. The van der Waals surface area contributed by atoms with Gasteiger partial charge in [-0.15, -0.1) is 10.2 Å². The molecule has 0 radical (unpaired) electrons. The second-order valence-corrected chi connectivity index (χ2v) is 7.31. The molecule has 0 unspecified atom stereocenters. The number of hydrogen-bond acceptors (Lipinski definition) is 9. The maximum absolute atomic E-state index is 13.1. The smallest absolute Gasteiger partial charge is 0.419 e. The summed E-state index contributed by atoms with van der Waals surface area (Å²) < 4.78 is 49.9. The highest BCUT2D eigenvalue weighted by molar-refractivity contribution is 7.18. The molecule has 29 heavy (non-hydrogen) atoms. The van der Waals surface area contributed by atoms with Gasteiger partial charge in [0.15, 0.2) is 5.01 Å². The van der Waals surface area contributed by atoms with Gasteiger partial charge in [-0.2, -0.15) is 18.2 Å². The number of para-hydroxylation sites is 1. The van der Waals surface area contributed by atoms with Crippen molar-refractivity contribution in [2.75, 3.05) is 18.0 Å². The molecule has 154 valence electrons. The van der Waals surface area contributed by atoms with E-state index in [1.165, 1.54) is 29.5 Å². The molecular weight excluding hydrogens is 411 g/mol. The van der Waals surface area contributed by atoms with Gasteiger partial charge in [-0.3, -0.25) is 0 Å². The number of nitrogens with zero attached hydrogens (tertiary/aromatic N) is 5. The number of hydrogen-bond donors (Lipinski definition) is 1. The van der Waals surface area contributed by atoms with E-state index in [4.69, 9.17) is 14.4 Å². The molecule has 2 aromatic heterocycles. The SMILES string of the molecule is OCc1nc(-c2nnc(N3CCC(Oc4ccccc4C(F)(F)F)CC3)s2)no1. The van der Waals surface area contributed by atoms with Crippen LogP contribution < -0.4 is 9.64 Å². The van der Waals surface area contributed by atoms with Crippen molar-refractivity contribution in [1.82, 2.24) is 20.3 Å². The van der Waals surface area contributed by atoms with Gasteiger partial charge in [0.2, 0.25) is 11.0 Å². The van der Waals surface area contributed by atoms with Crippen LogP contribution in [-0.4, -0.2) is 44.6 Å². The van der Waals surface area contributed by atoms with Gasteiger partial charge in [0.25, 0.3) is 5.89 Å². The highest BCUT2D eigenvalue weighted by Crippen LogP contribution is 2.37. The van der Waals surface area contributed by atoms with Gasteiger partial charge >= 0.3 is 6.18 Å². The van der Waals surface area contributed by atoms with Crippen molar-refractivity contribution >= 4 is 16.5 Å². The number of rotatable bonds is 5. The van der Waals surface area contributed by atoms with E-state index in [0.717, 1.165) is 6.07 Å². The van der Waals surface area contributed by atoms with E-state index in [9.17, 15) is 13.2 Å². The topological polar surface area (TPSA) is 97.4 Å². The minimum atomic E-state index is -4.45. The second kappa shape index (κ2) is 7.95. The first-order chi connectivity index (χ1) is 13.9. The largest absolute Gasteiger partial charge is 0.490 e. The highest BCUT2D eigenvalue weighted by atomic mass is 32.1. The first-order valence-corrected chi connectivity index (χ1v) is 9.61. The van der Waals surface area contributed by atoms with Crippen LogP contribution in [0.2, 0.25) is 0 Å². The fourth-order valence-corrected chi connectivity index (χ4v) is 3.81. The molecule has 3 heterocycles. The molecule has 1 aliphatic rings. The average molecular weight is 427 g/mol. The molecule has 3 aromatic rings. The Bertz CT molecular complexity index is 969. The van der Waals surface area contributed by atoms with E-state index in [0.29, 0.717) is 36.1 Å². The van der Waals surface area contributed by atoms with Crippen molar-refractivity contribution in [2.24, 2.45) is 0 Å². The fraction of sp³-hybridized carbons (Fsp3) is 0.412. The van der Waals surface area contributed by atoms with E-state index in [1.807, 2.05) is 4.90 Å². The van der Waals surface area contributed by atoms with Crippen LogP contribution in [0.5, 0.6) is 5.75 Å². The van der Waals surface area contributed by atoms with Crippen molar-refractivity contribution < 1.29 is 27.5 Å². The zero-order valence-corrected chi connectivity index (χ0v) is 15.8. The normalized spacial score (nSPS) is 15.7. The Kier molecular flexibility index (Phi) is 5.37. The lowest BCUT2D eigenvalue weighted by atomic mass is 10.1. The molecule has 4 rings (SSSR count). The maximum Gasteiger partial charge on any atom is 0.419 e. The molecule has 1 fully saturated rings. The van der Waals surface area contributed by atoms with Gasteiger partial charge in [0.1, 0.15) is 18.5 Å². The van der Waals surface area contributed by atoms with Gasteiger partial charge < -0.3 is 19.3 Å². The third-order valence-corrected chi connectivity index (χ3v) is 5.39. The Morgan fingerprint density at radius 2 is 1.97 bits per heavy atom. The molecule has 12 heteroatoms. The summed E-state index contributed by atoms with van der Waals surface area (Å²) in [5, 5.41) is 22.0. The monoisotopic (exact) mass is 427 g/mol. The van der Waals surface area contributed by atoms with Crippen LogP contribution in [0.1, 0.15) is 24.3 Å². The molecular formula is C17H16F3N5O3S. The van der Waals surface area contributed by atoms with Gasteiger partial charge in [-0.1, -0.05) is 28.6 Å². The molecule has 0 spiro atoms. The summed E-state index contributed by atoms with van der Waals surface area (Å²) in [6.45, 7) is 0.785. The van der Waals surface area contributed by atoms with Crippen molar-refractivity contribution in [3.63, 3.8) is 0 Å². The van der Waals surface area contributed by atoms with E-state index in [2.05, 4.69) is 20.3 Å². The van der Waals surface area contributed by atoms with E-state index in [-0.39, 0.29) is 30.2 Å². The number of aliphatic hydroxyl groups is 1. The summed E-state index contributed by atoms with van der Waals surface area (Å²) in [6.07, 6.45) is -3.66. The van der Waals surface area contributed by atoms with Gasteiger partial charge in [-0.25, -0.2) is 0 Å². The molecule has 0 atom stereocenters. The predicted molar refractivity (Wildman–Crippen MR) is 96.4 cm³/mol. The van der Waals surface area contributed by atoms with E-state index in [1.54, 1.807) is 0 Å². The third kappa shape index (κ3) is 4.32. The fourth-order valence-electron chi connectivity index (χ4n) is 2.99. The lowest BCUT2D eigenvalue weighted by molar-refractivity contribution is -0.139. The van der Waals surface area contributed by atoms with Crippen LogP contribution in [0.25, 0.3) is 10.8 Å². The number of halogens is 3. The third-order valence-electron chi connectivity index (χ3n) is 4.41. The Balaban J connectivity index is 1.38. The van der Waals surface area contributed by atoms with Gasteiger partial charge in [0, 0.05) is 25.9 Å². The van der Waals surface area contributed by atoms with Crippen molar-refractivity contribution in [3.05, 3.63) is 35.7 Å². The molecule has 8 nitrogen and oxygen atoms in total. The van der Waals surface area contributed by atoms with Crippen molar-refractivity contribution in [2.45, 2.75) is 31.7 Å². The summed E-state index contributed by atoms with van der Waals surface area (Å²) >= 11 is 1.27. The zero-order valence-electron chi connectivity index (χ0n) is 15.0. The van der Waals surface area contributed by atoms with E-state index >= 15 is 0 Å². The van der Waals surface area contributed by atoms with Crippen LogP contribution in [0, 0.1) is 0 Å². The molecule has 1 N–H and O–H groups in total. The Hall–Kier alpha value is -2.73. The van der Waals surface area contributed by atoms with Gasteiger partial charge in [0.05, 0.1) is 5.56 Å². The molecule has 1 aromatic carbocycles. The molecule has 1 aliphatic heterocycles. The molecule has 0 bridgehead atoms. The zero-order chi connectivity index (χ0) is 20.4.